The Morgan fingerprint density at radius 3 is 2.42 bits per heavy atom. The maximum atomic E-state index is 11.8. The molecule has 1 N–H and O–H groups in total. The third kappa shape index (κ3) is 4.42. The van der Waals surface area contributed by atoms with Gasteiger partial charge in [-0.1, -0.05) is 35.8 Å². The van der Waals surface area contributed by atoms with E-state index < -0.39 is 0 Å². The Bertz CT molecular complexity index is 435. The van der Waals surface area contributed by atoms with E-state index in [2.05, 4.69) is 21.2 Å². The molecule has 19 heavy (non-hydrogen) atoms. The fourth-order valence-corrected chi connectivity index (χ4v) is 1.74. The number of methoxy groups -OCH3 is 2. The lowest BCUT2D eigenvalue weighted by Gasteiger charge is -2.14. The number of nitrogens with one attached hydrogen (secondary N) is 1. The molecule has 0 aliphatic rings. The third-order valence-corrected chi connectivity index (χ3v) is 4.22. The van der Waals surface area contributed by atoms with Crippen molar-refractivity contribution in [2.24, 2.45) is 5.92 Å². The lowest BCUT2D eigenvalue weighted by molar-refractivity contribution is -0.121. The molecule has 0 aromatic heterocycles. The molecule has 4 nitrogen and oxygen atoms in total. The van der Waals surface area contributed by atoms with E-state index in [-0.39, 0.29) is 16.7 Å². The summed E-state index contributed by atoms with van der Waals surface area (Å²) in [6, 6.07) is 5.59. The molecule has 0 heterocycles. The maximum Gasteiger partial charge on any atom is 0.234 e. The van der Waals surface area contributed by atoms with Crippen LogP contribution in [0.25, 0.3) is 0 Å². The second-order valence-electron chi connectivity index (χ2n) is 4.55. The smallest absolute Gasteiger partial charge is 0.234 e. The molecule has 0 aliphatic carbocycles. The zero-order valence-corrected chi connectivity index (χ0v) is 13.3. The van der Waals surface area contributed by atoms with Gasteiger partial charge in [0.25, 0.3) is 0 Å². The van der Waals surface area contributed by atoms with Crippen LogP contribution in [-0.4, -0.2) is 25.0 Å². The normalized spacial score (nSPS) is 12.1. The van der Waals surface area contributed by atoms with Crippen molar-refractivity contribution in [3.63, 3.8) is 0 Å². The summed E-state index contributed by atoms with van der Waals surface area (Å²) in [5, 5.41) is 2.89. The number of ether oxygens (including phenoxy) is 2. The van der Waals surface area contributed by atoms with Crippen LogP contribution in [0.5, 0.6) is 11.5 Å². The number of hydrogen-bond acceptors (Lipinski definition) is 3. The molecule has 1 atom stereocenters. The van der Waals surface area contributed by atoms with Crippen LogP contribution in [0.2, 0.25) is 0 Å². The first kappa shape index (κ1) is 15.8. The molecule has 0 aliphatic heterocycles. The number of rotatable bonds is 6. The fraction of sp³-hybridized carbons (Fsp3) is 0.500. The highest BCUT2D eigenvalue weighted by Gasteiger charge is 2.18. The van der Waals surface area contributed by atoms with Gasteiger partial charge >= 0.3 is 0 Å². The minimum atomic E-state index is -0.173. The molecular weight excluding hydrogens is 310 g/mol. The van der Waals surface area contributed by atoms with Gasteiger partial charge in [0.05, 0.1) is 19.0 Å². The SMILES string of the molecule is COc1ccc(CNC(=O)C(Br)C(C)C)cc1OC. The Morgan fingerprint density at radius 1 is 1.26 bits per heavy atom. The Morgan fingerprint density at radius 2 is 1.89 bits per heavy atom. The van der Waals surface area contributed by atoms with Crippen LogP contribution in [-0.2, 0) is 11.3 Å². The summed E-state index contributed by atoms with van der Waals surface area (Å²) in [5.41, 5.74) is 0.967. The Labute approximate surface area is 122 Å². The molecule has 1 unspecified atom stereocenters. The van der Waals surface area contributed by atoms with E-state index in [0.717, 1.165) is 5.56 Å². The van der Waals surface area contributed by atoms with Crippen LogP contribution >= 0.6 is 15.9 Å². The Hall–Kier alpha value is -1.23. The summed E-state index contributed by atoms with van der Waals surface area (Å²) < 4.78 is 10.4. The van der Waals surface area contributed by atoms with Gasteiger partial charge < -0.3 is 14.8 Å². The standard InChI is InChI=1S/C14H20BrNO3/c1-9(2)13(15)14(17)16-8-10-5-6-11(18-3)12(7-10)19-4/h5-7,9,13H,8H2,1-4H3,(H,16,17). The topological polar surface area (TPSA) is 47.6 Å². The largest absolute Gasteiger partial charge is 0.493 e. The molecule has 5 heteroatoms. The maximum absolute atomic E-state index is 11.8. The number of alkyl halides is 1. The predicted molar refractivity (Wildman–Crippen MR) is 78.9 cm³/mol. The first-order chi connectivity index (χ1) is 8.99. The highest BCUT2D eigenvalue weighted by atomic mass is 79.9. The molecule has 1 rings (SSSR count). The molecule has 0 fully saturated rings. The quantitative estimate of drug-likeness (QED) is 0.816. The molecule has 1 amide bonds. The summed E-state index contributed by atoms with van der Waals surface area (Å²) in [6.07, 6.45) is 0. The number of carbonyl (C=O) groups is 1. The fourth-order valence-electron chi connectivity index (χ4n) is 1.58. The zero-order chi connectivity index (χ0) is 14.4. The van der Waals surface area contributed by atoms with Crippen molar-refractivity contribution in [1.82, 2.24) is 5.32 Å². The van der Waals surface area contributed by atoms with Crippen LogP contribution in [0.4, 0.5) is 0 Å². The van der Waals surface area contributed by atoms with Crippen molar-refractivity contribution in [3.8, 4) is 11.5 Å². The van der Waals surface area contributed by atoms with Gasteiger partial charge in [-0.25, -0.2) is 0 Å². The highest BCUT2D eigenvalue weighted by Crippen LogP contribution is 2.27. The molecule has 1 aromatic carbocycles. The predicted octanol–water partition coefficient (Wildman–Crippen LogP) is 2.74. The third-order valence-electron chi connectivity index (χ3n) is 2.75. The van der Waals surface area contributed by atoms with Crippen LogP contribution in [0.1, 0.15) is 19.4 Å². The lowest BCUT2D eigenvalue weighted by Crippen LogP contribution is -2.33. The van der Waals surface area contributed by atoms with Crippen molar-refractivity contribution in [1.29, 1.82) is 0 Å². The first-order valence-corrected chi connectivity index (χ1v) is 7.03. The second kappa shape index (κ2) is 7.38. The zero-order valence-electron chi connectivity index (χ0n) is 11.7. The van der Waals surface area contributed by atoms with E-state index in [1.165, 1.54) is 0 Å². The van der Waals surface area contributed by atoms with Crippen LogP contribution in [0, 0.1) is 5.92 Å². The summed E-state index contributed by atoms with van der Waals surface area (Å²) in [6.45, 7) is 4.46. The average molecular weight is 330 g/mol. The minimum absolute atomic E-state index is 0.00946. The van der Waals surface area contributed by atoms with E-state index in [4.69, 9.17) is 9.47 Å². The van der Waals surface area contributed by atoms with Crippen LogP contribution in [0.15, 0.2) is 18.2 Å². The first-order valence-electron chi connectivity index (χ1n) is 6.12. The van der Waals surface area contributed by atoms with Crippen molar-refractivity contribution in [2.45, 2.75) is 25.2 Å². The number of hydrogen-bond donors (Lipinski definition) is 1. The van der Waals surface area contributed by atoms with Gasteiger partial charge in [-0.3, -0.25) is 4.79 Å². The van der Waals surface area contributed by atoms with E-state index >= 15 is 0 Å². The Balaban J connectivity index is 2.66. The molecule has 0 radical (unpaired) electrons. The van der Waals surface area contributed by atoms with Gasteiger partial charge in [0.2, 0.25) is 5.91 Å². The molecule has 0 bridgehead atoms. The van der Waals surface area contributed by atoms with E-state index in [1.807, 2.05) is 32.0 Å². The Kier molecular flexibility index (Phi) is 6.15. The lowest BCUT2D eigenvalue weighted by atomic mass is 10.1. The number of amides is 1. The van der Waals surface area contributed by atoms with Gasteiger partial charge in [0.15, 0.2) is 11.5 Å². The number of halogens is 1. The van der Waals surface area contributed by atoms with Gasteiger partial charge in [-0.2, -0.15) is 0 Å². The molecule has 106 valence electrons. The number of carbonyl (C=O) groups excluding carboxylic acids is 1. The molecule has 0 spiro atoms. The summed E-state index contributed by atoms with van der Waals surface area (Å²) in [5.74, 6) is 1.59. The van der Waals surface area contributed by atoms with E-state index in [1.54, 1.807) is 14.2 Å². The summed E-state index contributed by atoms with van der Waals surface area (Å²) in [4.78, 5) is 11.6. The summed E-state index contributed by atoms with van der Waals surface area (Å²) >= 11 is 3.38. The van der Waals surface area contributed by atoms with Gasteiger partial charge in [-0.15, -0.1) is 0 Å². The van der Waals surface area contributed by atoms with Crippen molar-refractivity contribution >= 4 is 21.8 Å². The van der Waals surface area contributed by atoms with Gasteiger partial charge in [0.1, 0.15) is 0 Å². The number of benzene rings is 1. The molecule has 0 saturated heterocycles. The molecule has 1 aromatic rings. The van der Waals surface area contributed by atoms with Crippen molar-refractivity contribution < 1.29 is 14.3 Å². The highest BCUT2D eigenvalue weighted by molar-refractivity contribution is 9.10. The average Bonchev–Trinajstić information content (AvgIpc) is 2.43. The second-order valence-corrected chi connectivity index (χ2v) is 5.54. The molecule has 0 saturated carbocycles. The summed E-state index contributed by atoms with van der Waals surface area (Å²) in [7, 11) is 3.19. The van der Waals surface area contributed by atoms with E-state index in [0.29, 0.717) is 18.0 Å². The minimum Gasteiger partial charge on any atom is -0.493 e. The van der Waals surface area contributed by atoms with Crippen molar-refractivity contribution in [3.05, 3.63) is 23.8 Å². The van der Waals surface area contributed by atoms with Gasteiger partial charge in [-0.05, 0) is 23.6 Å². The van der Waals surface area contributed by atoms with Crippen molar-refractivity contribution in [2.75, 3.05) is 14.2 Å². The van der Waals surface area contributed by atoms with Crippen LogP contribution < -0.4 is 14.8 Å². The van der Waals surface area contributed by atoms with E-state index in [9.17, 15) is 4.79 Å². The van der Waals surface area contributed by atoms with Gasteiger partial charge in [0, 0.05) is 6.54 Å². The monoisotopic (exact) mass is 329 g/mol. The molecular formula is C14H20BrNO3. The van der Waals surface area contributed by atoms with Crippen LogP contribution in [0.3, 0.4) is 0 Å².